The Balaban J connectivity index is 3.75. The zero-order valence-electron chi connectivity index (χ0n) is 7.05. The SMILES string of the molecule is C=C/C(=C\C)CC(C)OC. The largest absolute Gasteiger partial charge is 0.381 e. The number of allylic oxidation sites excluding steroid dienone is 2. The Morgan fingerprint density at radius 1 is 1.70 bits per heavy atom. The maximum Gasteiger partial charge on any atom is 0.0583 e. The van der Waals surface area contributed by atoms with Gasteiger partial charge in [-0.3, -0.25) is 0 Å². The molecule has 1 nitrogen and oxygen atoms in total. The lowest BCUT2D eigenvalue weighted by molar-refractivity contribution is 0.119. The number of ether oxygens (including phenoxy) is 1. The summed E-state index contributed by atoms with van der Waals surface area (Å²) in [6.07, 6.45) is 5.18. The Hall–Kier alpha value is -0.560. The van der Waals surface area contributed by atoms with E-state index in [-0.39, 0.29) is 0 Å². The van der Waals surface area contributed by atoms with Crippen LogP contribution in [-0.4, -0.2) is 13.2 Å². The molecule has 0 bridgehead atoms. The third-order valence-electron chi connectivity index (χ3n) is 1.56. The molecule has 0 aliphatic carbocycles. The standard InChI is InChI=1S/C9H16O/c1-5-9(6-2)7-8(3)10-4/h5-6,8H,1,7H2,2-4H3/b9-6+. The van der Waals surface area contributed by atoms with Crippen molar-refractivity contribution in [3.8, 4) is 0 Å². The van der Waals surface area contributed by atoms with Gasteiger partial charge in [0.05, 0.1) is 6.10 Å². The molecule has 0 amide bonds. The third-order valence-corrected chi connectivity index (χ3v) is 1.56. The van der Waals surface area contributed by atoms with E-state index < -0.39 is 0 Å². The topological polar surface area (TPSA) is 9.23 Å². The number of methoxy groups -OCH3 is 1. The molecule has 58 valence electrons. The van der Waals surface area contributed by atoms with E-state index in [9.17, 15) is 0 Å². The smallest absolute Gasteiger partial charge is 0.0583 e. The molecule has 0 aromatic carbocycles. The van der Waals surface area contributed by atoms with Crippen molar-refractivity contribution < 1.29 is 4.74 Å². The fourth-order valence-corrected chi connectivity index (χ4v) is 0.734. The summed E-state index contributed by atoms with van der Waals surface area (Å²) in [6, 6.07) is 0. The van der Waals surface area contributed by atoms with E-state index in [0.717, 1.165) is 6.42 Å². The van der Waals surface area contributed by atoms with Gasteiger partial charge in [0.25, 0.3) is 0 Å². The van der Waals surface area contributed by atoms with Crippen LogP contribution in [-0.2, 0) is 4.74 Å². The highest BCUT2D eigenvalue weighted by molar-refractivity contribution is 5.15. The molecule has 10 heavy (non-hydrogen) atoms. The maximum atomic E-state index is 5.10. The second-order valence-electron chi connectivity index (χ2n) is 2.32. The average molecular weight is 140 g/mol. The molecular weight excluding hydrogens is 124 g/mol. The van der Waals surface area contributed by atoms with Gasteiger partial charge in [-0.2, -0.15) is 0 Å². The normalized spacial score (nSPS) is 14.9. The van der Waals surface area contributed by atoms with E-state index in [1.165, 1.54) is 5.57 Å². The quantitative estimate of drug-likeness (QED) is 0.545. The first-order valence-corrected chi connectivity index (χ1v) is 3.55. The summed E-state index contributed by atoms with van der Waals surface area (Å²) >= 11 is 0. The molecule has 1 unspecified atom stereocenters. The minimum Gasteiger partial charge on any atom is -0.381 e. The molecule has 1 atom stereocenters. The van der Waals surface area contributed by atoms with Crippen molar-refractivity contribution in [1.82, 2.24) is 0 Å². The summed E-state index contributed by atoms with van der Waals surface area (Å²) in [7, 11) is 1.72. The summed E-state index contributed by atoms with van der Waals surface area (Å²) in [4.78, 5) is 0. The van der Waals surface area contributed by atoms with Crippen LogP contribution in [0.4, 0.5) is 0 Å². The van der Waals surface area contributed by atoms with E-state index >= 15 is 0 Å². The molecule has 0 N–H and O–H groups in total. The Labute approximate surface area is 63.4 Å². The van der Waals surface area contributed by atoms with Crippen LogP contribution in [0.5, 0.6) is 0 Å². The molecule has 0 spiro atoms. The molecule has 0 saturated carbocycles. The fourth-order valence-electron chi connectivity index (χ4n) is 0.734. The molecule has 0 saturated heterocycles. The van der Waals surface area contributed by atoms with Crippen molar-refractivity contribution in [3.05, 3.63) is 24.3 Å². The molecule has 0 heterocycles. The molecule has 0 aliphatic rings. The first kappa shape index (κ1) is 9.44. The predicted octanol–water partition coefficient (Wildman–Crippen LogP) is 2.54. The molecule has 0 aliphatic heterocycles. The highest BCUT2D eigenvalue weighted by Gasteiger charge is 1.99. The van der Waals surface area contributed by atoms with Gasteiger partial charge in [-0.05, 0) is 20.3 Å². The second-order valence-corrected chi connectivity index (χ2v) is 2.32. The molecule has 0 rings (SSSR count). The van der Waals surface area contributed by atoms with E-state index in [2.05, 4.69) is 12.7 Å². The maximum absolute atomic E-state index is 5.10. The van der Waals surface area contributed by atoms with Gasteiger partial charge in [-0.15, -0.1) is 0 Å². The van der Waals surface area contributed by atoms with Gasteiger partial charge < -0.3 is 4.74 Å². The zero-order chi connectivity index (χ0) is 7.98. The van der Waals surface area contributed by atoms with Gasteiger partial charge in [-0.25, -0.2) is 0 Å². The van der Waals surface area contributed by atoms with E-state index in [4.69, 9.17) is 4.74 Å². The number of hydrogen-bond acceptors (Lipinski definition) is 1. The lowest BCUT2D eigenvalue weighted by atomic mass is 10.1. The predicted molar refractivity (Wildman–Crippen MR) is 45.0 cm³/mol. The molecule has 0 fully saturated rings. The van der Waals surface area contributed by atoms with Crippen molar-refractivity contribution in [2.75, 3.05) is 7.11 Å². The van der Waals surface area contributed by atoms with Gasteiger partial charge in [0.15, 0.2) is 0 Å². The van der Waals surface area contributed by atoms with E-state index in [0.29, 0.717) is 6.10 Å². The van der Waals surface area contributed by atoms with Crippen LogP contribution in [0.3, 0.4) is 0 Å². The molecular formula is C9H16O. The highest BCUT2D eigenvalue weighted by Crippen LogP contribution is 2.07. The van der Waals surface area contributed by atoms with Crippen LogP contribution in [0.1, 0.15) is 20.3 Å². The van der Waals surface area contributed by atoms with Crippen LogP contribution in [0.25, 0.3) is 0 Å². The minimum atomic E-state index is 0.296. The first-order valence-electron chi connectivity index (χ1n) is 3.55. The van der Waals surface area contributed by atoms with Crippen molar-refractivity contribution >= 4 is 0 Å². The Bertz CT molecular complexity index is 125. The fraction of sp³-hybridized carbons (Fsp3) is 0.556. The van der Waals surface area contributed by atoms with Gasteiger partial charge in [-0.1, -0.05) is 24.3 Å². The van der Waals surface area contributed by atoms with Gasteiger partial charge in [0.2, 0.25) is 0 Å². The van der Waals surface area contributed by atoms with Crippen molar-refractivity contribution in [2.24, 2.45) is 0 Å². The number of rotatable bonds is 4. The van der Waals surface area contributed by atoms with Crippen molar-refractivity contribution in [2.45, 2.75) is 26.4 Å². The molecule has 0 radical (unpaired) electrons. The van der Waals surface area contributed by atoms with Crippen molar-refractivity contribution in [3.63, 3.8) is 0 Å². The van der Waals surface area contributed by atoms with Gasteiger partial charge in [0.1, 0.15) is 0 Å². The lowest BCUT2D eigenvalue weighted by Gasteiger charge is -2.08. The molecule has 0 aromatic rings. The highest BCUT2D eigenvalue weighted by atomic mass is 16.5. The Morgan fingerprint density at radius 3 is 2.60 bits per heavy atom. The van der Waals surface area contributed by atoms with E-state index in [1.807, 2.05) is 19.9 Å². The monoisotopic (exact) mass is 140 g/mol. The van der Waals surface area contributed by atoms with Crippen LogP contribution in [0, 0.1) is 0 Å². The van der Waals surface area contributed by atoms with Gasteiger partial charge in [0, 0.05) is 7.11 Å². The first-order chi connectivity index (χ1) is 4.74. The summed E-state index contributed by atoms with van der Waals surface area (Å²) < 4.78 is 5.10. The second kappa shape index (κ2) is 5.24. The summed E-state index contributed by atoms with van der Waals surface area (Å²) in [5.74, 6) is 0. The van der Waals surface area contributed by atoms with Crippen LogP contribution >= 0.6 is 0 Å². The summed E-state index contributed by atoms with van der Waals surface area (Å²) in [5.41, 5.74) is 1.24. The van der Waals surface area contributed by atoms with E-state index in [1.54, 1.807) is 7.11 Å². The van der Waals surface area contributed by atoms with Crippen LogP contribution in [0.15, 0.2) is 24.3 Å². The molecule has 0 aromatic heterocycles. The average Bonchev–Trinajstić information content (AvgIpc) is 1.99. The summed E-state index contributed by atoms with van der Waals surface area (Å²) in [5, 5.41) is 0. The lowest BCUT2D eigenvalue weighted by Crippen LogP contribution is -2.04. The van der Waals surface area contributed by atoms with Crippen LogP contribution < -0.4 is 0 Å². The summed E-state index contributed by atoms with van der Waals surface area (Å²) in [6.45, 7) is 7.76. The van der Waals surface area contributed by atoms with Crippen molar-refractivity contribution in [1.29, 1.82) is 0 Å². The third kappa shape index (κ3) is 3.46. The van der Waals surface area contributed by atoms with Gasteiger partial charge >= 0.3 is 0 Å². The Kier molecular flexibility index (Phi) is 4.95. The minimum absolute atomic E-state index is 0.296. The zero-order valence-corrected chi connectivity index (χ0v) is 7.05. The Morgan fingerprint density at radius 2 is 2.30 bits per heavy atom. The molecule has 1 heteroatoms. The van der Waals surface area contributed by atoms with Crippen LogP contribution in [0.2, 0.25) is 0 Å². The number of hydrogen-bond donors (Lipinski definition) is 0.